The highest BCUT2D eigenvalue weighted by atomic mass is 32.1. The van der Waals surface area contributed by atoms with E-state index in [9.17, 15) is 9.59 Å². The molecular formula is C12H10O3S. The molecule has 0 unspecified atom stereocenters. The minimum absolute atomic E-state index is 0.0474. The molecule has 3 nitrogen and oxygen atoms in total. The van der Waals surface area contributed by atoms with Crippen molar-refractivity contribution in [2.45, 2.75) is 13.3 Å². The van der Waals surface area contributed by atoms with Gasteiger partial charge in [-0.25, -0.2) is 0 Å². The summed E-state index contributed by atoms with van der Waals surface area (Å²) in [5.74, 6) is 0.394. The third-order valence-corrected chi connectivity index (χ3v) is 3.07. The second kappa shape index (κ2) is 4.45. The van der Waals surface area contributed by atoms with Gasteiger partial charge in [0.15, 0.2) is 5.78 Å². The molecule has 4 heteroatoms. The number of ketones is 2. The Bertz CT molecular complexity index is 508. The number of carbonyl (C=O) groups excluding carboxylic acids is 2. The molecule has 82 valence electrons. The Morgan fingerprint density at radius 3 is 2.81 bits per heavy atom. The maximum Gasteiger partial charge on any atom is 0.180 e. The van der Waals surface area contributed by atoms with Crippen LogP contribution in [0.1, 0.15) is 23.0 Å². The molecule has 0 radical (unpaired) electrons. The Morgan fingerprint density at radius 2 is 2.19 bits per heavy atom. The monoisotopic (exact) mass is 234 g/mol. The van der Waals surface area contributed by atoms with E-state index >= 15 is 0 Å². The van der Waals surface area contributed by atoms with Crippen molar-refractivity contribution in [2.24, 2.45) is 0 Å². The summed E-state index contributed by atoms with van der Waals surface area (Å²) >= 11 is 1.34. The molecule has 0 bridgehead atoms. The average molecular weight is 234 g/mol. The van der Waals surface area contributed by atoms with Crippen LogP contribution in [0.4, 0.5) is 0 Å². The molecule has 0 fully saturated rings. The molecule has 0 atom stereocenters. The molecule has 0 saturated heterocycles. The van der Waals surface area contributed by atoms with Gasteiger partial charge in [-0.2, -0.15) is 0 Å². The van der Waals surface area contributed by atoms with Crippen molar-refractivity contribution < 1.29 is 14.0 Å². The fraction of sp³-hybridized carbons (Fsp3) is 0.167. The number of carbonyl (C=O) groups is 2. The summed E-state index contributed by atoms with van der Waals surface area (Å²) in [6.45, 7) is 1.41. The Balaban J connectivity index is 2.33. The van der Waals surface area contributed by atoms with Gasteiger partial charge in [0.2, 0.25) is 0 Å². The molecule has 16 heavy (non-hydrogen) atoms. The largest absolute Gasteiger partial charge is 0.464 e. The van der Waals surface area contributed by atoms with Crippen LogP contribution in [0, 0.1) is 0 Å². The van der Waals surface area contributed by atoms with E-state index in [1.165, 1.54) is 18.3 Å². The summed E-state index contributed by atoms with van der Waals surface area (Å²) in [4.78, 5) is 23.3. The van der Waals surface area contributed by atoms with E-state index in [1.54, 1.807) is 18.4 Å². The first kappa shape index (κ1) is 10.8. The van der Waals surface area contributed by atoms with Crippen LogP contribution in [0.5, 0.6) is 0 Å². The molecule has 0 aliphatic carbocycles. The summed E-state index contributed by atoms with van der Waals surface area (Å²) in [5, 5.41) is 1.82. The maximum atomic E-state index is 11.8. The van der Waals surface area contributed by atoms with Crippen LogP contribution >= 0.6 is 11.3 Å². The van der Waals surface area contributed by atoms with Gasteiger partial charge in [-0.3, -0.25) is 9.59 Å². The molecule has 0 N–H and O–H groups in total. The van der Waals surface area contributed by atoms with Crippen LogP contribution in [0.2, 0.25) is 0 Å². The molecule has 0 amide bonds. The van der Waals surface area contributed by atoms with Gasteiger partial charge in [-0.15, -0.1) is 11.3 Å². The molecule has 0 aromatic carbocycles. The Morgan fingerprint density at radius 1 is 1.38 bits per heavy atom. The highest BCUT2D eigenvalue weighted by Crippen LogP contribution is 2.29. The molecule has 0 saturated carbocycles. The van der Waals surface area contributed by atoms with Crippen LogP contribution in [0.15, 0.2) is 34.3 Å². The first-order valence-electron chi connectivity index (χ1n) is 4.82. The molecule has 2 rings (SSSR count). The van der Waals surface area contributed by atoms with Gasteiger partial charge < -0.3 is 4.42 Å². The Labute approximate surface area is 96.7 Å². The Kier molecular flexibility index (Phi) is 3.01. The van der Waals surface area contributed by atoms with Crippen molar-refractivity contribution in [3.8, 4) is 11.3 Å². The van der Waals surface area contributed by atoms with Crippen LogP contribution in [-0.2, 0) is 4.79 Å². The van der Waals surface area contributed by atoms with Gasteiger partial charge in [0, 0.05) is 5.56 Å². The molecule has 2 aromatic rings. The van der Waals surface area contributed by atoms with E-state index in [-0.39, 0.29) is 18.0 Å². The van der Waals surface area contributed by atoms with Crippen LogP contribution in [0.3, 0.4) is 0 Å². The third kappa shape index (κ3) is 2.12. The minimum atomic E-state index is -0.145. The lowest BCUT2D eigenvalue weighted by Crippen LogP contribution is -2.03. The van der Waals surface area contributed by atoms with Gasteiger partial charge in [0.05, 0.1) is 17.6 Å². The van der Waals surface area contributed by atoms with E-state index in [4.69, 9.17) is 4.42 Å². The van der Waals surface area contributed by atoms with Gasteiger partial charge in [0.1, 0.15) is 11.5 Å². The number of rotatable bonds is 4. The normalized spacial score (nSPS) is 10.3. The maximum absolute atomic E-state index is 11.8. The first-order valence-corrected chi connectivity index (χ1v) is 5.70. The fourth-order valence-corrected chi connectivity index (χ4v) is 2.30. The summed E-state index contributed by atoms with van der Waals surface area (Å²) in [7, 11) is 0. The summed E-state index contributed by atoms with van der Waals surface area (Å²) in [6, 6.07) is 5.40. The lowest BCUT2D eigenvalue weighted by molar-refractivity contribution is -0.116. The lowest BCUT2D eigenvalue weighted by Gasteiger charge is -1.98. The molecule has 2 heterocycles. The van der Waals surface area contributed by atoms with Gasteiger partial charge >= 0.3 is 0 Å². The van der Waals surface area contributed by atoms with Crippen LogP contribution < -0.4 is 0 Å². The zero-order valence-corrected chi connectivity index (χ0v) is 9.54. The minimum Gasteiger partial charge on any atom is -0.464 e. The van der Waals surface area contributed by atoms with Crippen molar-refractivity contribution in [2.75, 3.05) is 0 Å². The smallest absolute Gasteiger partial charge is 0.180 e. The molecule has 2 aromatic heterocycles. The number of hydrogen-bond donors (Lipinski definition) is 0. The number of thiophene rings is 1. The highest BCUT2D eigenvalue weighted by Gasteiger charge is 2.17. The molecule has 0 aliphatic heterocycles. The van der Waals surface area contributed by atoms with Crippen molar-refractivity contribution >= 4 is 22.9 Å². The third-order valence-electron chi connectivity index (χ3n) is 2.11. The van der Waals surface area contributed by atoms with Crippen molar-refractivity contribution in [3.05, 3.63) is 34.7 Å². The second-order valence-electron chi connectivity index (χ2n) is 3.44. The highest BCUT2D eigenvalue weighted by molar-refractivity contribution is 7.12. The summed E-state index contributed by atoms with van der Waals surface area (Å²) in [5.41, 5.74) is 0.765. The van der Waals surface area contributed by atoms with E-state index in [0.717, 1.165) is 5.56 Å². The quantitative estimate of drug-likeness (QED) is 0.603. The van der Waals surface area contributed by atoms with Crippen LogP contribution in [0.25, 0.3) is 11.3 Å². The second-order valence-corrected chi connectivity index (χ2v) is 4.36. The van der Waals surface area contributed by atoms with Gasteiger partial charge in [-0.05, 0) is 30.5 Å². The predicted octanol–water partition coefficient (Wildman–Crippen LogP) is 3.17. The van der Waals surface area contributed by atoms with Crippen LogP contribution in [-0.4, -0.2) is 11.6 Å². The SMILES string of the molecule is CC(=O)CC(=O)c1sccc1-c1ccco1. The van der Waals surface area contributed by atoms with Crippen molar-refractivity contribution in [1.29, 1.82) is 0 Å². The number of Topliss-reactive ketones (excluding diaryl/α,β-unsaturated/α-hetero) is 2. The fourth-order valence-electron chi connectivity index (χ4n) is 1.46. The zero-order valence-electron chi connectivity index (χ0n) is 8.73. The zero-order chi connectivity index (χ0) is 11.5. The van der Waals surface area contributed by atoms with E-state index < -0.39 is 0 Å². The Hall–Kier alpha value is -1.68. The summed E-state index contributed by atoms with van der Waals surface area (Å²) in [6.07, 6.45) is 1.51. The molecular weight excluding hydrogens is 224 g/mol. The van der Waals surface area contributed by atoms with Gasteiger partial charge in [0.25, 0.3) is 0 Å². The van der Waals surface area contributed by atoms with E-state index in [2.05, 4.69) is 0 Å². The average Bonchev–Trinajstić information content (AvgIpc) is 2.87. The number of furan rings is 1. The molecule has 0 spiro atoms. The van der Waals surface area contributed by atoms with Crippen molar-refractivity contribution in [1.82, 2.24) is 0 Å². The van der Waals surface area contributed by atoms with Crippen molar-refractivity contribution in [3.63, 3.8) is 0 Å². The lowest BCUT2D eigenvalue weighted by atomic mass is 10.1. The summed E-state index contributed by atoms with van der Waals surface area (Å²) < 4.78 is 5.24. The molecule has 0 aliphatic rings. The number of hydrogen-bond acceptors (Lipinski definition) is 4. The standard InChI is InChI=1S/C12H10O3S/c1-8(13)7-10(14)12-9(4-6-16-12)11-3-2-5-15-11/h2-6H,7H2,1H3. The first-order chi connectivity index (χ1) is 7.68. The predicted molar refractivity (Wildman–Crippen MR) is 61.6 cm³/mol. The van der Waals surface area contributed by atoms with E-state index in [1.807, 2.05) is 11.4 Å². The van der Waals surface area contributed by atoms with Gasteiger partial charge in [-0.1, -0.05) is 0 Å². The van der Waals surface area contributed by atoms with E-state index in [0.29, 0.717) is 10.6 Å². The topological polar surface area (TPSA) is 47.3 Å².